The molecule has 2 heterocycles. The number of carbonyl (C=O) groups is 4. The van der Waals surface area contributed by atoms with Crippen molar-refractivity contribution in [1.29, 1.82) is 0 Å². The summed E-state index contributed by atoms with van der Waals surface area (Å²) in [5, 5.41) is 1.32. The number of ether oxygens (including phenoxy) is 1. The van der Waals surface area contributed by atoms with E-state index < -0.39 is 18.1 Å². The number of hydrogen-bond donors (Lipinski definition) is 1. The van der Waals surface area contributed by atoms with E-state index in [4.69, 9.17) is 4.74 Å². The monoisotopic (exact) mass is 286 g/mol. The molecule has 2 rings (SSSR count). The first-order valence-electron chi connectivity index (χ1n) is 5.93. The van der Waals surface area contributed by atoms with Crippen LogP contribution in [0.15, 0.2) is 0 Å². The normalized spacial score (nSPS) is 27.2. The zero-order valence-corrected chi connectivity index (χ0v) is 11.4. The lowest BCUT2D eigenvalue weighted by Gasteiger charge is -2.16. The second kappa shape index (κ2) is 5.20. The summed E-state index contributed by atoms with van der Waals surface area (Å²) in [5.74, 6) is -0.703. The van der Waals surface area contributed by atoms with Crippen LogP contribution in [0.3, 0.4) is 0 Å². The number of rotatable bonds is 4. The van der Waals surface area contributed by atoms with Crippen LogP contribution in [0.25, 0.3) is 0 Å². The smallest absolute Gasteiger partial charge is 0.414 e. The highest BCUT2D eigenvalue weighted by Crippen LogP contribution is 2.32. The molecule has 0 bridgehead atoms. The highest BCUT2D eigenvalue weighted by atomic mass is 32.2. The minimum Gasteiger partial charge on any atom is -0.436 e. The Morgan fingerprint density at radius 1 is 1.32 bits per heavy atom. The molecule has 2 aliphatic heterocycles. The summed E-state index contributed by atoms with van der Waals surface area (Å²) < 4.78 is 4.72. The minimum absolute atomic E-state index is 0.0686. The zero-order valence-electron chi connectivity index (χ0n) is 10.5. The van der Waals surface area contributed by atoms with E-state index in [9.17, 15) is 19.2 Å². The lowest BCUT2D eigenvalue weighted by molar-refractivity contribution is -0.129. The standard InChI is InChI=1S/C11H14N2O5S/c1-5(2)7-9(15)13(11(17)19-7)4-3-6-8(14)12-10(16)18-6/h5-7H,3-4H2,1-2H3,(H,12,14,16). The third kappa shape index (κ3) is 2.73. The second-order valence-electron chi connectivity index (χ2n) is 4.71. The zero-order chi connectivity index (χ0) is 14.2. The summed E-state index contributed by atoms with van der Waals surface area (Å²) in [4.78, 5) is 46.9. The van der Waals surface area contributed by atoms with Crippen molar-refractivity contribution in [3.8, 4) is 0 Å². The van der Waals surface area contributed by atoms with Crippen LogP contribution >= 0.6 is 11.8 Å². The Morgan fingerprint density at radius 2 is 2.00 bits per heavy atom. The van der Waals surface area contributed by atoms with Gasteiger partial charge in [0.2, 0.25) is 5.91 Å². The van der Waals surface area contributed by atoms with E-state index in [2.05, 4.69) is 0 Å². The third-order valence-electron chi connectivity index (χ3n) is 2.94. The lowest BCUT2D eigenvalue weighted by Crippen LogP contribution is -2.36. The fourth-order valence-electron chi connectivity index (χ4n) is 1.92. The van der Waals surface area contributed by atoms with Crippen LogP contribution in [0.2, 0.25) is 0 Å². The maximum Gasteiger partial charge on any atom is 0.414 e. The van der Waals surface area contributed by atoms with Gasteiger partial charge < -0.3 is 4.74 Å². The number of alkyl carbamates (subject to hydrolysis) is 1. The molecule has 0 saturated carbocycles. The maximum absolute atomic E-state index is 12.0. The molecular weight excluding hydrogens is 272 g/mol. The Balaban J connectivity index is 1.93. The first-order valence-corrected chi connectivity index (χ1v) is 6.81. The van der Waals surface area contributed by atoms with Crippen molar-refractivity contribution in [2.75, 3.05) is 6.54 Å². The molecule has 2 unspecified atom stereocenters. The summed E-state index contributed by atoms with van der Waals surface area (Å²) in [5.41, 5.74) is 0. The Bertz CT molecular complexity index is 450. The topological polar surface area (TPSA) is 92.8 Å². The van der Waals surface area contributed by atoms with E-state index in [0.717, 1.165) is 16.7 Å². The van der Waals surface area contributed by atoms with Crippen molar-refractivity contribution in [3.05, 3.63) is 0 Å². The molecule has 0 aromatic heterocycles. The van der Waals surface area contributed by atoms with E-state index in [1.165, 1.54) is 0 Å². The molecule has 2 aliphatic rings. The van der Waals surface area contributed by atoms with Gasteiger partial charge in [-0.05, 0) is 5.92 Å². The molecule has 0 spiro atoms. The molecule has 2 saturated heterocycles. The molecule has 7 nitrogen and oxygen atoms in total. The van der Waals surface area contributed by atoms with Crippen molar-refractivity contribution < 1.29 is 23.9 Å². The van der Waals surface area contributed by atoms with Gasteiger partial charge in [0.1, 0.15) is 0 Å². The molecule has 104 valence electrons. The molecule has 4 amide bonds. The van der Waals surface area contributed by atoms with Crippen molar-refractivity contribution in [2.24, 2.45) is 5.92 Å². The molecule has 2 atom stereocenters. The van der Waals surface area contributed by atoms with Crippen molar-refractivity contribution in [2.45, 2.75) is 31.6 Å². The number of imide groups is 2. The lowest BCUT2D eigenvalue weighted by atomic mass is 10.1. The summed E-state index contributed by atoms with van der Waals surface area (Å²) in [6.07, 6.45) is -1.58. The average Bonchev–Trinajstić information content (AvgIpc) is 2.77. The molecular formula is C11H14N2O5S. The number of carbonyl (C=O) groups excluding carboxylic acids is 4. The third-order valence-corrected chi connectivity index (χ3v) is 4.37. The SMILES string of the molecule is CC(C)C1SC(=O)N(CCC2OC(=O)NC2=O)C1=O. The van der Waals surface area contributed by atoms with Gasteiger partial charge in [-0.2, -0.15) is 0 Å². The van der Waals surface area contributed by atoms with Crippen LogP contribution in [0.4, 0.5) is 9.59 Å². The summed E-state index contributed by atoms with van der Waals surface area (Å²) in [6.45, 7) is 3.83. The molecule has 0 aromatic carbocycles. The van der Waals surface area contributed by atoms with Gasteiger partial charge >= 0.3 is 6.09 Å². The van der Waals surface area contributed by atoms with Gasteiger partial charge in [0.05, 0.1) is 5.25 Å². The van der Waals surface area contributed by atoms with E-state index in [-0.39, 0.29) is 35.3 Å². The second-order valence-corrected chi connectivity index (χ2v) is 5.80. The van der Waals surface area contributed by atoms with E-state index in [1.54, 1.807) is 0 Å². The van der Waals surface area contributed by atoms with Crippen LogP contribution in [0, 0.1) is 5.92 Å². The Morgan fingerprint density at radius 3 is 2.47 bits per heavy atom. The molecule has 0 radical (unpaired) electrons. The Hall–Kier alpha value is -1.57. The number of thioether (sulfide) groups is 1. The van der Waals surface area contributed by atoms with Crippen molar-refractivity contribution >= 4 is 34.9 Å². The van der Waals surface area contributed by atoms with Crippen LogP contribution in [0.5, 0.6) is 0 Å². The average molecular weight is 286 g/mol. The minimum atomic E-state index is -0.920. The number of amides is 4. The van der Waals surface area contributed by atoms with Gasteiger partial charge in [0.25, 0.3) is 11.1 Å². The van der Waals surface area contributed by atoms with E-state index in [1.807, 2.05) is 19.2 Å². The molecule has 2 fully saturated rings. The number of cyclic esters (lactones) is 1. The Kier molecular flexibility index (Phi) is 3.79. The van der Waals surface area contributed by atoms with Crippen LogP contribution in [0.1, 0.15) is 20.3 Å². The van der Waals surface area contributed by atoms with Gasteiger partial charge in [-0.25, -0.2) is 4.79 Å². The number of nitrogens with one attached hydrogen (secondary N) is 1. The number of hydrogen-bond acceptors (Lipinski definition) is 6. The van der Waals surface area contributed by atoms with Gasteiger partial charge in [-0.15, -0.1) is 0 Å². The fourth-order valence-corrected chi connectivity index (χ4v) is 2.94. The number of nitrogens with zero attached hydrogens (tertiary/aromatic N) is 1. The van der Waals surface area contributed by atoms with E-state index in [0.29, 0.717) is 0 Å². The van der Waals surface area contributed by atoms with Gasteiger partial charge in [0, 0.05) is 13.0 Å². The molecule has 0 aliphatic carbocycles. The van der Waals surface area contributed by atoms with Crippen LogP contribution in [-0.2, 0) is 14.3 Å². The molecule has 1 N–H and O–H groups in total. The highest BCUT2D eigenvalue weighted by Gasteiger charge is 2.42. The summed E-state index contributed by atoms with van der Waals surface area (Å²) in [7, 11) is 0. The summed E-state index contributed by atoms with van der Waals surface area (Å²) >= 11 is 1.00. The molecule has 0 aromatic rings. The van der Waals surface area contributed by atoms with Crippen LogP contribution in [-0.4, -0.2) is 45.9 Å². The predicted octanol–water partition coefficient (Wildman–Crippen LogP) is 0.732. The first-order chi connectivity index (χ1) is 8.90. The molecule has 8 heteroatoms. The van der Waals surface area contributed by atoms with Gasteiger partial charge in [-0.3, -0.25) is 24.6 Å². The van der Waals surface area contributed by atoms with E-state index >= 15 is 0 Å². The van der Waals surface area contributed by atoms with Crippen molar-refractivity contribution in [3.63, 3.8) is 0 Å². The van der Waals surface area contributed by atoms with Crippen molar-refractivity contribution in [1.82, 2.24) is 10.2 Å². The quantitative estimate of drug-likeness (QED) is 0.819. The maximum atomic E-state index is 12.0. The highest BCUT2D eigenvalue weighted by molar-refractivity contribution is 8.15. The van der Waals surface area contributed by atoms with Gasteiger partial charge in [-0.1, -0.05) is 25.6 Å². The van der Waals surface area contributed by atoms with Crippen LogP contribution < -0.4 is 5.32 Å². The first kappa shape index (κ1) is 13.9. The summed E-state index contributed by atoms with van der Waals surface area (Å²) in [6, 6.07) is 0. The predicted molar refractivity (Wildman–Crippen MR) is 66.4 cm³/mol. The Labute approximate surface area is 114 Å². The van der Waals surface area contributed by atoms with Gasteiger partial charge in [0.15, 0.2) is 6.10 Å². The fraction of sp³-hybridized carbons (Fsp3) is 0.636. The largest absolute Gasteiger partial charge is 0.436 e. The molecule has 19 heavy (non-hydrogen) atoms.